The predicted octanol–water partition coefficient (Wildman–Crippen LogP) is 4.77. The zero-order valence-corrected chi connectivity index (χ0v) is 14.1. The minimum atomic E-state index is -0.378. The molecule has 1 heterocycles. The van der Waals surface area contributed by atoms with Crippen LogP contribution in [0.5, 0.6) is 0 Å². The fourth-order valence-corrected chi connectivity index (χ4v) is 2.98. The van der Waals surface area contributed by atoms with Crippen LogP contribution >= 0.6 is 15.9 Å². The minimum Gasteiger partial charge on any atom is -0.461 e. The second kappa shape index (κ2) is 6.54. The van der Waals surface area contributed by atoms with Crippen molar-refractivity contribution < 1.29 is 13.9 Å². The zero-order chi connectivity index (χ0) is 16.4. The largest absolute Gasteiger partial charge is 0.461 e. The number of fused-ring (bicyclic) bond motifs is 1. The lowest BCUT2D eigenvalue weighted by molar-refractivity contribution is 0.0515. The van der Waals surface area contributed by atoms with Gasteiger partial charge in [0.25, 0.3) is 0 Å². The predicted molar refractivity (Wildman–Crippen MR) is 91.1 cm³/mol. The number of benzene rings is 2. The van der Waals surface area contributed by atoms with Gasteiger partial charge in [0, 0.05) is 21.9 Å². The van der Waals surface area contributed by atoms with Crippen molar-refractivity contribution in [2.75, 3.05) is 6.61 Å². The lowest BCUT2D eigenvalue weighted by Crippen LogP contribution is -2.13. The molecule has 0 unspecified atom stereocenters. The van der Waals surface area contributed by atoms with Gasteiger partial charge < -0.3 is 9.30 Å². The summed E-state index contributed by atoms with van der Waals surface area (Å²) in [6.45, 7) is 2.48. The van der Waals surface area contributed by atoms with Crippen LogP contribution in [0.15, 0.2) is 53.0 Å². The fourth-order valence-electron chi connectivity index (χ4n) is 2.60. The second-order valence-corrected chi connectivity index (χ2v) is 6.08. The van der Waals surface area contributed by atoms with E-state index in [9.17, 15) is 9.18 Å². The molecule has 0 radical (unpaired) electrons. The highest BCUT2D eigenvalue weighted by Gasteiger charge is 2.17. The Kier molecular flexibility index (Phi) is 4.48. The van der Waals surface area contributed by atoms with E-state index in [1.54, 1.807) is 19.1 Å². The first-order valence-corrected chi connectivity index (χ1v) is 8.08. The fraction of sp³-hybridized carbons (Fsp3) is 0.167. The van der Waals surface area contributed by atoms with E-state index in [1.807, 2.05) is 28.8 Å². The van der Waals surface area contributed by atoms with Crippen LogP contribution in [0.4, 0.5) is 4.39 Å². The monoisotopic (exact) mass is 375 g/mol. The summed E-state index contributed by atoms with van der Waals surface area (Å²) >= 11 is 3.44. The summed E-state index contributed by atoms with van der Waals surface area (Å²) in [4.78, 5) is 12.2. The molecule has 0 saturated carbocycles. The van der Waals surface area contributed by atoms with Gasteiger partial charge in [-0.25, -0.2) is 9.18 Å². The molecule has 0 aliphatic carbocycles. The maximum atomic E-state index is 13.4. The highest BCUT2D eigenvalue weighted by atomic mass is 79.9. The number of hydrogen-bond donors (Lipinski definition) is 0. The first-order valence-electron chi connectivity index (χ1n) is 7.29. The van der Waals surface area contributed by atoms with E-state index >= 15 is 0 Å². The normalized spacial score (nSPS) is 10.9. The first kappa shape index (κ1) is 15.7. The van der Waals surface area contributed by atoms with Gasteiger partial charge in [-0.3, -0.25) is 0 Å². The Bertz CT molecular complexity index is 873. The van der Waals surface area contributed by atoms with E-state index in [0.717, 1.165) is 20.9 Å². The van der Waals surface area contributed by atoms with Gasteiger partial charge in [0.15, 0.2) is 0 Å². The Hall–Kier alpha value is -2.14. The Labute approximate surface area is 141 Å². The van der Waals surface area contributed by atoms with Crippen LogP contribution in [0.3, 0.4) is 0 Å². The molecule has 118 valence electrons. The standard InChI is InChI=1S/C18H15BrFNO2/c1-2-23-18(22)17-10-13-9-14(19)6-7-16(13)21(17)11-12-4-3-5-15(20)8-12/h3-10H,2,11H2,1H3. The van der Waals surface area contributed by atoms with Gasteiger partial charge in [0.1, 0.15) is 11.5 Å². The van der Waals surface area contributed by atoms with Crippen LogP contribution in [-0.4, -0.2) is 17.1 Å². The molecule has 0 N–H and O–H groups in total. The van der Waals surface area contributed by atoms with E-state index in [-0.39, 0.29) is 11.8 Å². The Morgan fingerprint density at radius 1 is 1.22 bits per heavy atom. The van der Waals surface area contributed by atoms with Gasteiger partial charge in [-0.2, -0.15) is 0 Å². The molecule has 0 saturated heterocycles. The van der Waals surface area contributed by atoms with Crippen LogP contribution in [0, 0.1) is 5.82 Å². The van der Waals surface area contributed by atoms with Gasteiger partial charge in [-0.1, -0.05) is 28.1 Å². The Morgan fingerprint density at radius 3 is 2.78 bits per heavy atom. The van der Waals surface area contributed by atoms with Crippen LogP contribution < -0.4 is 0 Å². The summed E-state index contributed by atoms with van der Waals surface area (Å²) in [5.74, 6) is -0.671. The lowest BCUT2D eigenvalue weighted by atomic mass is 10.2. The molecule has 3 nitrogen and oxygen atoms in total. The number of halogens is 2. The molecule has 0 fully saturated rings. The number of carbonyl (C=O) groups is 1. The molecule has 23 heavy (non-hydrogen) atoms. The molecule has 1 aromatic heterocycles. The number of hydrogen-bond acceptors (Lipinski definition) is 2. The van der Waals surface area contributed by atoms with Crippen LogP contribution in [0.2, 0.25) is 0 Å². The summed E-state index contributed by atoms with van der Waals surface area (Å²) in [5.41, 5.74) is 2.15. The van der Waals surface area contributed by atoms with Crippen LogP contribution in [-0.2, 0) is 11.3 Å². The average molecular weight is 376 g/mol. The highest BCUT2D eigenvalue weighted by Crippen LogP contribution is 2.25. The number of rotatable bonds is 4. The van der Waals surface area contributed by atoms with E-state index in [4.69, 9.17) is 4.74 Å². The third-order valence-electron chi connectivity index (χ3n) is 3.58. The number of carbonyl (C=O) groups excluding carboxylic acids is 1. The van der Waals surface area contributed by atoms with Crippen molar-refractivity contribution >= 4 is 32.8 Å². The summed E-state index contributed by atoms with van der Waals surface area (Å²) < 4.78 is 21.4. The number of esters is 1. The van der Waals surface area contributed by atoms with E-state index in [2.05, 4.69) is 15.9 Å². The van der Waals surface area contributed by atoms with Crippen LogP contribution in [0.25, 0.3) is 10.9 Å². The Balaban J connectivity index is 2.11. The molecule has 3 aromatic rings. The van der Waals surface area contributed by atoms with Crippen molar-refractivity contribution in [3.8, 4) is 0 Å². The van der Waals surface area contributed by atoms with Crippen molar-refractivity contribution in [1.82, 2.24) is 4.57 Å². The molecule has 0 atom stereocenters. The summed E-state index contributed by atoms with van der Waals surface area (Å²) in [7, 11) is 0. The minimum absolute atomic E-state index is 0.292. The Morgan fingerprint density at radius 2 is 2.04 bits per heavy atom. The molecular weight excluding hydrogens is 361 g/mol. The molecule has 2 aromatic carbocycles. The summed E-state index contributed by atoms with van der Waals surface area (Å²) in [5, 5.41) is 0.929. The average Bonchev–Trinajstić information content (AvgIpc) is 2.85. The number of aromatic nitrogens is 1. The lowest BCUT2D eigenvalue weighted by Gasteiger charge is -2.10. The topological polar surface area (TPSA) is 31.2 Å². The van der Waals surface area contributed by atoms with Gasteiger partial charge in [-0.15, -0.1) is 0 Å². The van der Waals surface area contributed by atoms with Crippen molar-refractivity contribution in [2.24, 2.45) is 0 Å². The molecule has 3 rings (SSSR count). The SMILES string of the molecule is CCOC(=O)c1cc2cc(Br)ccc2n1Cc1cccc(F)c1. The maximum Gasteiger partial charge on any atom is 0.354 e. The molecular formula is C18H15BrFNO2. The third-order valence-corrected chi connectivity index (χ3v) is 4.07. The van der Waals surface area contributed by atoms with Crippen molar-refractivity contribution in [2.45, 2.75) is 13.5 Å². The number of ether oxygens (including phenoxy) is 1. The second-order valence-electron chi connectivity index (χ2n) is 5.17. The van der Waals surface area contributed by atoms with E-state index in [1.165, 1.54) is 12.1 Å². The molecule has 0 aliphatic heterocycles. The van der Waals surface area contributed by atoms with E-state index in [0.29, 0.717) is 18.8 Å². The molecule has 0 bridgehead atoms. The van der Waals surface area contributed by atoms with E-state index < -0.39 is 0 Å². The summed E-state index contributed by atoms with van der Waals surface area (Å²) in [6.07, 6.45) is 0. The van der Waals surface area contributed by atoms with Crippen LogP contribution in [0.1, 0.15) is 23.0 Å². The molecule has 0 amide bonds. The third kappa shape index (κ3) is 3.29. The molecule has 0 aliphatic rings. The first-order chi connectivity index (χ1) is 11.1. The van der Waals surface area contributed by atoms with Gasteiger partial charge in [0.05, 0.1) is 6.61 Å². The highest BCUT2D eigenvalue weighted by molar-refractivity contribution is 9.10. The summed E-state index contributed by atoms with van der Waals surface area (Å²) in [6, 6.07) is 14.0. The smallest absolute Gasteiger partial charge is 0.354 e. The quantitative estimate of drug-likeness (QED) is 0.615. The van der Waals surface area contributed by atoms with Gasteiger partial charge in [0.2, 0.25) is 0 Å². The van der Waals surface area contributed by atoms with Gasteiger partial charge >= 0.3 is 5.97 Å². The van der Waals surface area contributed by atoms with Crippen molar-refractivity contribution in [1.29, 1.82) is 0 Å². The van der Waals surface area contributed by atoms with Crippen molar-refractivity contribution in [3.05, 3.63) is 70.1 Å². The zero-order valence-electron chi connectivity index (χ0n) is 12.6. The molecule has 5 heteroatoms. The molecule has 0 spiro atoms. The maximum absolute atomic E-state index is 13.4. The van der Waals surface area contributed by atoms with Gasteiger partial charge in [-0.05, 0) is 48.9 Å². The number of nitrogens with zero attached hydrogens (tertiary/aromatic N) is 1. The van der Waals surface area contributed by atoms with Crippen molar-refractivity contribution in [3.63, 3.8) is 0 Å².